The molecule has 5 heteroatoms. The molecule has 1 aromatic carbocycles. The summed E-state index contributed by atoms with van der Waals surface area (Å²) in [5, 5.41) is 0. The number of ether oxygens (including phenoxy) is 2. The highest BCUT2D eigenvalue weighted by atomic mass is 16.5. The van der Waals surface area contributed by atoms with Gasteiger partial charge in [-0.3, -0.25) is 4.99 Å². The van der Waals surface area contributed by atoms with Gasteiger partial charge >= 0.3 is 0 Å². The zero-order valence-corrected chi connectivity index (χ0v) is 12.2. The molecule has 0 spiro atoms. The van der Waals surface area contributed by atoms with Crippen molar-refractivity contribution in [3.05, 3.63) is 23.8 Å². The number of methoxy groups -OCH3 is 2. The number of rotatable bonds is 4. The topological polar surface area (TPSA) is 60.1 Å². The molecule has 0 radical (unpaired) electrons. The van der Waals surface area contributed by atoms with Gasteiger partial charge in [-0.15, -0.1) is 0 Å². The Morgan fingerprint density at radius 3 is 2.65 bits per heavy atom. The molecule has 0 bridgehead atoms. The Bertz CT molecular complexity index is 554. The van der Waals surface area contributed by atoms with E-state index in [0.717, 1.165) is 17.1 Å². The molecule has 1 fully saturated rings. The van der Waals surface area contributed by atoms with E-state index in [9.17, 15) is 0 Å². The van der Waals surface area contributed by atoms with Crippen molar-refractivity contribution in [2.24, 2.45) is 10.7 Å². The SMILES string of the molecule is COc1ccc(OC)c(C2(C)CN=C(N)N2C2CC2)c1. The lowest BCUT2D eigenvalue weighted by Crippen LogP contribution is -2.48. The van der Waals surface area contributed by atoms with Crippen molar-refractivity contribution in [1.29, 1.82) is 0 Å². The monoisotopic (exact) mass is 275 g/mol. The van der Waals surface area contributed by atoms with Crippen LogP contribution in [-0.4, -0.2) is 37.7 Å². The number of hydrogen-bond donors (Lipinski definition) is 1. The van der Waals surface area contributed by atoms with Crippen LogP contribution in [0.25, 0.3) is 0 Å². The summed E-state index contributed by atoms with van der Waals surface area (Å²) in [4.78, 5) is 6.70. The standard InChI is InChI=1S/C15H21N3O2/c1-15(9-17-14(16)18(15)10-4-5-10)12-8-11(19-2)6-7-13(12)20-3/h6-8,10H,4-5,9H2,1-3H3,(H2,16,17). The predicted molar refractivity (Wildman–Crippen MR) is 78.2 cm³/mol. The first-order valence-electron chi connectivity index (χ1n) is 6.92. The zero-order valence-electron chi connectivity index (χ0n) is 12.2. The minimum Gasteiger partial charge on any atom is -0.497 e. The summed E-state index contributed by atoms with van der Waals surface area (Å²) in [5.41, 5.74) is 6.92. The van der Waals surface area contributed by atoms with Gasteiger partial charge in [0.2, 0.25) is 0 Å². The first-order chi connectivity index (χ1) is 9.60. The summed E-state index contributed by atoms with van der Waals surface area (Å²) in [6.07, 6.45) is 2.36. The van der Waals surface area contributed by atoms with Crippen LogP contribution in [0.4, 0.5) is 0 Å². The van der Waals surface area contributed by atoms with Crippen LogP contribution in [0.1, 0.15) is 25.3 Å². The summed E-state index contributed by atoms with van der Waals surface area (Å²) in [6, 6.07) is 6.38. The fraction of sp³-hybridized carbons (Fsp3) is 0.533. The number of aliphatic imine (C=N–C) groups is 1. The summed E-state index contributed by atoms with van der Waals surface area (Å²) in [7, 11) is 3.36. The Morgan fingerprint density at radius 1 is 1.30 bits per heavy atom. The second kappa shape index (κ2) is 4.58. The lowest BCUT2D eigenvalue weighted by atomic mass is 9.89. The van der Waals surface area contributed by atoms with Gasteiger partial charge in [0.15, 0.2) is 5.96 Å². The quantitative estimate of drug-likeness (QED) is 0.909. The largest absolute Gasteiger partial charge is 0.497 e. The third kappa shape index (κ3) is 1.88. The van der Waals surface area contributed by atoms with Gasteiger partial charge in [0.25, 0.3) is 0 Å². The normalized spacial score (nSPS) is 25.6. The molecular formula is C15H21N3O2. The van der Waals surface area contributed by atoms with E-state index in [1.807, 2.05) is 18.2 Å². The molecule has 108 valence electrons. The van der Waals surface area contributed by atoms with Gasteiger partial charge in [-0.05, 0) is 38.0 Å². The summed E-state index contributed by atoms with van der Waals surface area (Å²) < 4.78 is 10.9. The molecular weight excluding hydrogens is 254 g/mol. The third-order valence-corrected chi connectivity index (χ3v) is 4.23. The van der Waals surface area contributed by atoms with Crippen molar-refractivity contribution in [3.8, 4) is 11.5 Å². The molecule has 20 heavy (non-hydrogen) atoms. The van der Waals surface area contributed by atoms with Crippen molar-refractivity contribution in [3.63, 3.8) is 0 Å². The molecule has 1 heterocycles. The lowest BCUT2D eigenvalue weighted by molar-refractivity contribution is 0.209. The molecule has 0 saturated heterocycles. The number of nitrogens with zero attached hydrogens (tertiary/aromatic N) is 2. The summed E-state index contributed by atoms with van der Waals surface area (Å²) >= 11 is 0. The Labute approximate surface area is 119 Å². The maximum absolute atomic E-state index is 6.10. The Morgan fingerprint density at radius 2 is 2.05 bits per heavy atom. The van der Waals surface area contributed by atoms with Crippen molar-refractivity contribution in [2.45, 2.75) is 31.3 Å². The van der Waals surface area contributed by atoms with E-state index < -0.39 is 0 Å². The third-order valence-electron chi connectivity index (χ3n) is 4.23. The van der Waals surface area contributed by atoms with Crippen LogP contribution in [0.2, 0.25) is 0 Å². The first kappa shape index (κ1) is 13.1. The van der Waals surface area contributed by atoms with E-state index >= 15 is 0 Å². The van der Waals surface area contributed by atoms with Crippen LogP contribution in [0.15, 0.2) is 23.2 Å². The van der Waals surface area contributed by atoms with Crippen LogP contribution >= 0.6 is 0 Å². The molecule has 1 aromatic rings. The van der Waals surface area contributed by atoms with Crippen molar-refractivity contribution in [1.82, 2.24) is 4.90 Å². The Hall–Kier alpha value is -1.91. The average Bonchev–Trinajstić information content (AvgIpc) is 3.24. The van der Waals surface area contributed by atoms with Gasteiger partial charge in [0.05, 0.1) is 26.3 Å². The highest BCUT2D eigenvalue weighted by Gasteiger charge is 2.48. The molecule has 0 aromatic heterocycles. The fourth-order valence-electron chi connectivity index (χ4n) is 3.01. The number of benzene rings is 1. The highest BCUT2D eigenvalue weighted by molar-refractivity contribution is 5.82. The van der Waals surface area contributed by atoms with E-state index in [0.29, 0.717) is 18.5 Å². The van der Waals surface area contributed by atoms with Crippen LogP contribution in [-0.2, 0) is 5.54 Å². The van der Waals surface area contributed by atoms with E-state index in [2.05, 4.69) is 16.8 Å². The maximum Gasteiger partial charge on any atom is 0.192 e. The molecule has 1 atom stereocenters. The summed E-state index contributed by atoms with van der Waals surface area (Å²) in [5.74, 6) is 2.31. The van der Waals surface area contributed by atoms with Gasteiger partial charge in [0, 0.05) is 11.6 Å². The van der Waals surface area contributed by atoms with Crippen molar-refractivity contribution in [2.75, 3.05) is 20.8 Å². The van der Waals surface area contributed by atoms with Gasteiger partial charge in [-0.2, -0.15) is 0 Å². The second-order valence-electron chi connectivity index (χ2n) is 5.62. The molecule has 1 aliphatic carbocycles. The van der Waals surface area contributed by atoms with Gasteiger partial charge in [-0.25, -0.2) is 0 Å². The fourth-order valence-corrected chi connectivity index (χ4v) is 3.01. The van der Waals surface area contributed by atoms with E-state index in [1.165, 1.54) is 12.8 Å². The van der Waals surface area contributed by atoms with Crippen molar-refractivity contribution >= 4 is 5.96 Å². The van der Waals surface area contributed by atoms with Crippen LogP contribution in [0.5, 0.6) is 11.5 Å². The van der Waals surface area contributed by atoms with E-state index in [-0.39, 0.29) is 5.54 Å². The van der Waals surface area contributed by atoms with Crippen LogP contribution < -0.4 is 15.2 Å². The number of guanidine groups is 1. The van der Waals surface area contributed by atoms with Crippen LogP contribution in [0, 0.1) is 0 Å². The number of nitrogens with two attached hydrogens (primary N) is 1. The molecule has 1 unspecified atom stereocenters. The zero-order chi connectivity index (χ0) is 14.3. The molecule has 2 N–H and O–H groups in total. The number of hydrogen-bond acceptors (Lipinski definition) is 5. The smallest absolute Gasteiger partial charge is 0.192 e. The molecule has 5 nitrogen and oxygen atoms in total. The molecule has 1 saturated carbocycles. The summed E-state index contributed by atoms with van der Waals surface area (Å²) in [6.45, 7) is 2.82. The van der Waals surface area contributed by atoms with Gasteiger partial charge in [0.1, 0.15) is 11.5 Å². The van der Waals surface area contributed by atoms with E-state index in [1.54, 1.807) is 14.2 Å². The minimum atomic E-state index is -0.259. The minimum absolute atomic E-state index is 0.259. The van der Waals surface area contributed by atoms with E-state index in [4.69, 9.17) is 15.2 Å². The molecule has 3 rings (SSSR count). The second-order valence-corrected chi connectivity index (χ2v) is 5.62. The van der Waals surface area contributed by atoms with Gasteiger partial charge in [-0.1, -0.05) is 0 Å². The first-order valence-corrected chi connectivity index (χ1v) is 6.92. The predicted octanol–water partition coefficient (Wildman–Crippen LogP) is 1.71. The maximum atomic E-state index is 6.10. The Kier molecular flexibility index (Phi) is 3.00. The molecule has 1 aliphatic heterocycles. The Balaban J connectivity index is 2.06. The average molecular weight is 275 g/mol. The van der Waals surface area contributed by atoms with Gasteiger partial charge < -0.3 is 20.1 Å². The van der Waals surface area contributed by atoms with Crippen molar-refractivity contribution < 1.29 is 9.47 Å². The van der Waals surface area contributed by atoms with Crippen LogP contribution in [0.3, 0.4) is 0 Å². The molecule has 0 amide bonds. The lowest BCUT2D eigenvalue weighted by Gasteiger charge is -2.37. The molecule has 2 aliphatic rings. The highest BCUT2D eigenvalue weighted by Crippen LogP contribution is 2.45.